The highest BCUT2D eigenvalue weighted by molar-refractivity contribution is 5.81. The molecule has 6 heteroatoms. The molecule has 0 saturated carbocycles. The Balaban J connectivity index is 1.98. The third kappa shape index (κ3) is 3.97. The normalized spacial score (nSPS) is 17.0. The van der Waals surface area contributed by atoms with Crippen LogP contribution < -0.4 is 5.32 Å². The average Bonchev–Trinajstić information content (AvgIpc) is 2.97. The lowest BCUT2D eigenvalue weighted by Gasteiger charge is -2.22. The first-order valence-electron chi connectivity index (χ1n) is 7.07. The zero-order chi connectivity index (χ0) is 15.5. The number of likely N-dealkylation sites (tertiary alicyclic amines) is 1. The largest absolute Gasteiger partial charge is 0.416 e. The van der Waals surface area contributed by atoms with Crippen molar-refractivity contribution in [3.05, 3.63) is 35.4 Å². The molecule has 0 spiro atoms. The zero-order valence-electron chi connectivity index (χ0n) is 11.9. The number of halogens is 3. The van der Waals surface area contributed by atoms with Crippen LogP contribution >= 0.6 is 0 Å². The number of amides is 1. The highest BCUT2D eigenvalue weighted by Crippen LogP contribution is 2.31. The van der Waals surface area contributed by atoms with Crippen molar-refractivity contribution in [3.8, 4) is 0 Å². The molecule has 1 amide bonds. The third-order valence-corrected chi connectivity index (χ3v) is 3.71. The van der Waals surface area contributed by atoms with Crippen LogP contribution in [0.2, 0.25) is 0 Å². The fourth-order valence-electron chi connectivity index (χ4n) is 2.51. The van der Waals surface area contributed by atoms with Gasteiger partial charge in [-0.15, -0.1) is 0 Å². The van der Waals surface area contributed by atoms with Gasteiger partial charge in [0.2, 0.25) is 5.91 Å². The minimum Gasteiger partial charge on any atom is -0.341 e. The molecule has 1 aromatic rings. The van der Waals surface area contributed by atoms with E-state index < -0.39 is 17.8 Å². The Morgan fingerprint density at radius 2 is 1.90 bits per heavy atom. The van der Waals surface area contributed by atoms with Crippen LogP contribution in [0.15, 0.2) is 24.3 Å². The maximum absolute atomic E-state index is 12.9. The Bertz CT molecular complexity index is 496. The van der Waals surface area contributed by atoms with Gasteiger partial charge in [0, 0.05) is 19.6 Å². The summed E-state index contributed by atoms with van der Waals surface area (Å²) in [7, 11) is 0. The van der Waals surface area contributed by atoms with Gasteiger partial charge in [-0.05, 0) is 31.4 Å². The zero-order valence-corrected chi connectivity index (χ0v) is 11.9. The van der Waals surface area contributed by atoms with E-state index in [4.69, 9.17) is 0 Å². The quantitative estimate of drug-likeness (QED) is 0.927. The number of nitrogens with zero attached hydrogens (tertiary/aromatic N) is 1. The third-order valence-electron chi connectivity index (χ3n) is 3.71. The van der Waals surface area contributed by atoms with Crippen molar-refractivity contribution in [1.82, 2.24) is 10.2 Å². The monoisotopic (exact) mass is 300 g/mol. The van der Waals surface area contributed by atoms with Crippen molar-refractivity contribution < 1.29 is 18.0 Å². The molecule has 1 aromatic carbocycles. The van der Waals surface area contributed by atoms with E-state index in [1.165, 1.54) is 12.1 Å². The maximum atomic E-state index is 12.9. The molecule has 0 bridgehead atoms. The summed E-state index contributed by atoms with van der Waals surface area (Å²) >= 11 is 0. The molecule has 1 fully saturated rings. The summed E-state index contributed by atoms with van der Waals surface area (Å²) in [6.07, 6.45) is -2.38. The summed E-state index contributed by atoms with van der Waals surface area (Å²) in [4.78, 5) is 13.8. The van der Waals surface area contributed by atoms with Gasteiger partial charge in [0.05, 0.1) is 11.6 Å². The lowest BCUT2D eigenvalue weighted by molar-refractivity contribution is -0.138. The van der Waals surface area contributed by atoms with Crippen LogP contribution in [0.1, 0.15) is 30.9 Å². The minimum absolute atomic E-state index is 0.0242. The Morgan fingerprint density at radius 3 is 2.52 bits per heavy atom. The molecule has 21 heavy (non-hydrogen) atoms. The van der Waals surface area contributed by atoms with Crippen molar-refractivity contribution in [2.45, 2.75) is 38.5 Å². The van der Waals surface area contributed by atoms with Gasteiger partial charge in [-0.2, -0.15) is 13.2 Å². The van der Waals surface area contributed by atoms with Crippen LogP contribution in [0.5, 0.6) is 0 Å². The number of hydrogen-bond donors (Lipinski definition) is 1. The molecule has 1 aliphatic rings. The number of benzene rings is 1. The van der Waals surface area contributed by atoms with E-state index in [2.05, 4.69) is 5.32 Å². The summed E-state index contributed by atoms with van der Waals surface area (Å²) < 4.78 is 38.6. The number of hydrogen-bond acceptors (Lipinski definition) is 2. The molecule has 2 rings (SSSR count). The SMILES string of the molecule is CC(NCc1ccccc1C(F)(F)F)C(=O)N1CCCC1. The number of alkyl halides is 3. The standard InChI is InChI=1S/C15H19F3N2O/c1-11(14(21)20-8-4-5-9-20)19-10-12-6-2-3-7-13(12)15(16,17)18/h2-3,6-7,11,19H,4-5,8-10H2,1H3. The van der Waals surface area contributed by atoms with Crippen LogP contribution in [0.3, 0.4) is 0 Å². The molecular weight excluding hydrogens is 281 g/mol. The van der Waals surface area contributed by atoms with Gasteiger partial charge < -0.3 is 10.2 Å². The molecule has 1 N–H and O–H groups in total. The molecule has 1 atom stereocenters. The van der Waals surface area contributed by atoms with Gasteiger partial charge in [0.1, 0.15) is 0 Å². The van der Waals surface area contributed by atoms with Crippen LogP contribution in [0, 0.1) is 0 Å². The second kappa shape index (κ2) is 6.47. The molecule has 1 saturated heterocycles. The van der Waals surface area contributed by atoms with Crippen molar-refractivity contribution in [3.63, 3.8) is 0 Å². The number of rotatable bonds is 4. The summed E-state index contributed by atoms with van der Waals surface area (Å²) in [6.45, 7) is 3.20. The fourth-order valence-corrected chi connectivity index (χ4v) is 2.51. The molecule has 1 unspecified atom stereocenters. The van der Waals surface area contributed by atoms with Crippen molar-refractivity contribution in [2.24, 2.45) is 0 Å². The molecule has 0 aliphatic carbocycles. The van der Waals surface area contributed by atoms with Crippen LogP contribution in [0.4, 0.5) is 13.2 Å². The highest BCUT2D eigenvalue weighted by atomic mass is 19.4. The average molecular weight is 300 g/mol. The Hall–Kier alpha value is -1.56. The summed E-state index contributed by atoms with van der Waals surface area (Å²) in [6, 6.07) is 4.95. The Labute approximate surface area is 122 Å². The van der Waals surface area contributed by atoms with Gasteiger partial charge in [-0.25, -0.2) is 0 Å². The molecule has 116 valence electrons. The Kier molecular flexibility index (Phi) is 4.88. The number of nitrogens with one attached hydrogen (secondary N) is 1. The fraction of sp³-hybridized carbons (Fsp3) is 0.533. The van der Waals surface area contributed by atoms with Crippen LogP contribution in [0.25, 0.3) is 0 Å². The van der Waals surface area contributed by atoms with Gasteiger partial charge in [-0.3, -0.25) is 4.79 Å². The summed E-state index contributed by atoms with van der Waals surface area (Å²) in [5.41, 5.74) is -0.496. The smallest absolute Gasteiger partial charge is 0.341 e. The molecule has 3 nitrogen and oxygen atoms in total. The number of carbonyl (C=O) groups excluding carboxylic acids is 1. The Morgan fingerprint density at radius 1 is 1.29 bits per heavy atom. The topological polar surface area (TPSA) is 32.3 Å². The van der Waals surface area contributed by atoms with Gasteiger partial charge in [0.15, 0.2) is 0 Å². The summed E-state index contributed by atoms with van der Waals surface area (Å²) in [5.74, 6) is -0.0445. The molecule has 1 aliphatic heterocycles. The first-order chi connectivity index (χ1) is 9.89. The summed E-state index contributed by atoms with van der Waals surface area (Å²) in [5, 5.41) is 2.90. The first kappa shape index (κ1) is 15.8. The predicted octanol–water partition coefficient (Wildman–Crippen LogP) is 2.81. The van der Waals surface area contributed by atoms with Crippen molar-refractivity contribution in [1.29, 1.82) is 0 Å². The van der Waals surface area contributed by atoms with E-state index in [1.54, 1.807) is 17.9 Å². The van der Waals surface area contributed by atoms with E-state index in [0.29, 0.717) is 0 Å². The molecule has 0 radical (unpaired) electrons. The van der Waals surface area contributed by atoms with Crippen molar-refractivity contribution >= 4 is 5.91 Å². The predicted molar refractivity (Wildman–Crippen MR) is 73.6 cm³/mol. The van der Waals surface area contributed by atoms with E-state index >= 15 is 0 Å². The molecular formula is C15H19F3N2O. The number of carbonyl (C=O) groups is 1. The van der Waals surface area contributed by atoms with Gasteiger partial charge >= 0.3 is 6.18 Å². The van der Waals surface area contributed by atoms with Crippen LogP contribution in [-0.2, 0) is 17.5 Å². The molecule has 1 heterocycles. The van der Waals surface area contributed by atoms with Gasteiger partial charge in [-0.1, -0.05) is 18.2 Å². The van der Waals surface area contributed by atoms with E-state index in [1.807, 2.05) is 0 Å². The van der Waals surface area contributed by atoms with Gasteiger partial charge in [0.25, 0.3) is 0 Å². The van der Waals surface area contributed by atoms with E-state index in [0.717, 1.165) is 32.0 Å². The van der Waals surface area contributed by atoms with Crippen LogP contribution in [-0.4, -0.2) is 29.9 Å². The lowest BCUT2D eigenvalue weighted by Crippen LogP contribution is -2.43. The second-order valence-corrected chi connectivity index (χ2v) is 5.29. The first-order valence-corrected chi connectivity index (χ1v) is 7.07. The lowest BCUT2D eigenvalue weighted by atomic mass is 10.1. The highest BCUT2D eigenvalue weighted by Gasteiger charge is 2.33. The van der Waals surface area contributed by atoms with E-state index in [-0.39, 0.29) is 18.0 Å². The minimum atomic E-state index is -4.37. The van der Waals surface area contributed by atoms with E-state index in [9.17, 15) is 18.0 Å². The maximum Gasteiger partial charge on any atom is 0.416 e. The molecule has 0 aromatic heterocycles. The second-order valence-electron chi connectivity index (χ2n) is 5.29. The van der Waals surface area contributed by atoms with Crippen molar-refractivity contribution in [2.75, 3.05) is 13.1 Å².